The molecular formula is C10H5ClF2N2S. The van der Waals surface area contributed by atoms with Gasteiger partial charge in [-0.15, -0.1) is 10.2 Å². The van der Waals surface area contributed by atoms with Gasteiger partial charge >= 0.3 is 0 Å². The molecule has 0 bridgehead atoms. The lowest BCUT2D eigenvalue weighted by Gasteiger charge is -2.01. The van der Waals surface area contributed by atoms with E-state index in [1.807, 2.05) is 0 Å². The first-order chi connectivity index (χ1) is 7.65. The Hall–Kier alpha value is -1.20. The van der Waals surface area contributed by atoms with Crippen LogP contribution in [0.3, 0.4) is 0 Å². The Bertz CT molecular complexity index is 505. The molecule has 0 aliphatic carbocycles. The molecule has 2 nitrogen and oxygen atoms in total. The number of nitrogens with zero attached hydrogens (tertiary/aromatic N) is 2. The van der Waals surface area contributed by atoms with E-state index in [4.69, 9.17) is 11.6 Å². The van der Waals surface area contributed by atoms with Crippen LogP contribution in [0.25, 0.3) is 0 Å². The van der Waals surface area contributed by atoms with Crippen molar-refractivity contribution < 1.29 is 8.78 Å². The lowest BCUT2D eigenvalue weighted by Crippen LogP contribution is -1.87. The van der Waals surface area contributed by atoms with Crippen molar-refractivity contribution in [2.45, 2.75) is 9.92 Å². The average Bonchev–Trinajstić information content (AvgIpc) is 2.25. The Kier molecular flexibility index (Phi) is 3.36. The van der Waals surface area contributed by atoms with Gasteiger partial charge in [0.25, 0.3) is 0 Å². The Morgan fingerprint density at radius 1 is 1.06 bits per heavy atom. The first-order valence-corrected chi connectivity index (χ1v) is 5.47. The van der Waals surface area contributed by atoms with E-state index in [0.717, 1.165) is 17.8 Å². The van der Waals surface area contributed by atoms with Gasteiger partial charge in [0.2, 0.25) is 0 Å². The largest absolute Gasteiger partial charge is 0.207 e. The fraction of sp³-hybridized carbons (Fsp3) is 0. The van der Waals surface area contributed by atoms with Crippen LogP contribution in [-0.2, 0) is 0 Å². The molecule has 6 heteroatoms. The summed E-state index contributed by atoms with van der Waals surface area (Å²) in [6.45, 7) is 0. The van der Waals surface area contributed by atoms with Crippen LogP contribution in [0.1, 0.15) is 0 Å². The molecule has 1 heterocycles. The van der Waals surface area contributed by atoms with E-state index >= 15 is 0 Å². The maximum Gasteiger partial charge on any atom is 0.151 e. The summed E-state index contributed by atoms with van der Waals surface area (Å²) in [4.78, 5) is 0.290. The van der Waals surface area contributed by atoms with Gasteiger partial charge in [0.15, 0.2) is 5.15 Å². The quantitative estimate of drug-likeness (QED) is 0.824. The number of rotatable bonds is 2. The summed E-state index contributed by atoms with van der Waals surface area (Å²) < 4.78 is 25.9. The van der Waals surface area contributed by atoms with Crippen molar-refractivity contribution in [3.63, 3.8) is 0 Å². The zero-order valence-corrected chi connectivity index (χ0v) is 9.40. The Morgan fingerprint density at radius 2 is 1.88 bits per heavy atom. The van der Waals surface area contributed by atoms with Crippen molar-refractivity contribution in [1.29, 1.82) is 0 Å². The summed E-state index contributed by atoms with van der Waals surface area (Å²) in [7, 11) is 0. The first kappa shape index (κ1) is 11.3. The van der Waals surface area contributed by atoms with E-state index in [0.29, 0.717) is 5.03 Å². The molecule has 0 atom stereocenters. The molecule has 82 valence electrons. The zero-order valence-electron chi connectivity index (χ0n) is 7.82. The fourth-order valence-corrected chi connectivity index (χ4v) is 1.87. The van der Waals surface area contributed by atoms with Gasteiger partial charge in [0, 0.05) is 11.0 Å². The third-order valence-electron chi connectivity index (χ3n) is 1.72. The maximum absolute atomic E-state index is 13.3. The molecule has 2 aromatic rings. The second-order valence-corrected chi connectivity index (χ2v) is 4.32. The van der Waals surface area contributed by atoms with Crippen molar-refractivity contribution in [2.24, 2.45) is 0 Å². The maximum atomic E-state index is 13.3. The van der Waals surface area contributed by atoms with Gasteiger partial charge in [-0.2, -0.15) is 0 Å². The minimum Gasteiger partial charge on any atom is -0.207 e. The molecule has 0 aliphatic heterocycles. The third kappa shape index (κ3) is 2.68. The van der Waals surface area contributed by atoms with Crippen LogP contribution in [0.15, 0.2) is 40.3 Å². The predicted molar refractivity (Wildman–Crippen MR) is 57.5 cm³/mol. The Morgan fingerprint density at radius 3 is 2.50 bits per heavy atom. The first-order valence-electron chi connectivity index (χ1n) is 4.27. The van der Waals surface area contributed by atoms with E-state index in [-0.39, 0.29) is 10.0 Å². The van der Waals surface area contributed by atoms with Crippen LogP contribution in [0.4, 0.5) is 8.78 Å². The van der Waals surface area contributed by atoms with Crippen LogP contribution < -0.4 is 0 Å². The minimum absolute atomic E-state index is 0.268. The lowest BCUT2D eigenvalue weighted by molar-refractivity contribution is 0.565. The van der Waals surface area contributed by atoms with E-state index < -0.39 is 11.6 Å². The molecule has 0 N–H and O–H groups in total. The normalized spacial score (nSPS) is 10.4. The average molecular weight is 259 g/mol. The molecule has 0 saturated carbocycles. The van der Waals surface area contributed by atoms with E-state index in [9.17, 15) is 8.78 Å². The monoisotopic (exact) mass is 258 g/mol. The summed E-state index contributed by atoms with van der Waals surface area (Å²) in [5.41, 5.74) is 0. The molecule has 0 saturated heterocycles. The van der Waals surface area contributed by atoms with Crippen LogP contribution in [0, 0.1) is 11.6 Å². The second kappa shape index (κ2) is 4.76. The van der Waals surface area contributed by atoms with Crippen LogP contribution >= 0.6 is 23.4 Å². The van der Waals surface area contributed by atoms with Crippen molar-refractivity contribution >= 4 is 23.4 Å². The highest BCUT2D eigenvalue weighted by Crippen LogP contribution is 2.28. The van der Waals surface area contributed by atoms with Gasteiger partial charge in [0.05, 0.1) is 0 Å². The Balaban J connectivity index is 2.23. The number of hydrogen-bond donors (Lipinski definition) is 0. The highest BCUT2D eigenvalue weighted by atomic mass is 35.5. The molecule has 0 aliphatic rings. The summed E-state index contributed by atoms with van der Waals surface area (Å²) in [5, 5.41) is 8.14. The molecular weight excluding hydrogens is 254 g/mol. The van der Waals surface area contributed by atoms with E-state index in [2.05, 4.69) is 10.2 Å². The van der Waals surface area contributed by atoms with Crippen molar-refractivity contribution in [2.75, 3.05) is 0 Å². The van der Waals surface area contributed by atoms with Crippen LogP contribution in [0.5, 0.6) is 0 Å². The van der Waals surface area contributed by atoms with Crippen molar-refractivity contribution in [3.8, 4) is 0 Å². The van der Waals surface area contributed by atoms with Gasteiger partial charge in [-0.1, -0.05) is 23.4 Å². The van der Waals surface area contributed by atoms with Gasteiger partial charge in [-0.25, -0.2) is 8.78 Å². The lowest BCUT2D eigenvalue weighted by atomic mass is 10.3. The highest BCUT2D eigenvalue weighted by molar-refractivity contribution is 7.99. The number of halogens is 3. The molecule has 0 spiro atoms. The summed E-state index contributed by atoms with van der Waals surface area (Å²) in [5.74, 6) is -1.23. The highest BCUT2D eigenvalue weighted by Gasteiger charge is 2.06. The molecule has 2 rings (SSSR count). The summed E-state index contributed by atoms with van der Waals surface area (Å²) >= 11 is 6.62. The van der Waals surface area contributed by atoms with E-state index in [1.165, 1.54) is 12.1 Å². The van der Waals surface area contributed by atoms with Gasteiger partial charge in [0.1, 0.15) is 16.7 Å². The molecule has 16 heavy (non-hydrogen) atoms. The SMILES string of the molecule is Fc1ccc(Sc2ccc(Cl)nn2)c(F)c1. The minimum atomic E-state index is -0.623. The zero-order chi connectivity index (χ0) is 11.5. The molecule has 0 unspecified atom stereocenters. The number of aromatic nitrogens is 2. The number of hydrogen-bond acceptors (Lipinski definition) is 3. The van der Waals surface area contributed by atoms with Crippen LogP contribution in [-0.4, -0.2) is 10.2 Å². The third-order valence-corrected chi connectivity index (χ3v) is 2.90. The Labute approximate surface area is 99.7 Å². The van der Waals surface area contributed by atoms with Gasteiger partial charge in [-0.3, -0.25) is 0 Å². The van der Waals surface area contributed by atoms with Gasteiger partial charge in [-0.05, 0) is 24.3 Å². The molecule has 1 aromatic heterocycles. The standard InChI is InChI=1S/C10H5ClF2N2S/c11-9-3-4-10(15-14-9)16-8-2-1-6(12)5-7(8)13/h1-5H. The molecule has 1 aromatic carbocycles. The fourth-order valence-electron chi connectivity index (χ4n) is 1.03. The number of benzene rings is 1. The predicted octanol–water partition coefficient (Wildman–Crippen LogP) is 3.56. The second-order valence-electron chi connectivity index (χ2n) is 2.87. The molecule has 0 radical (unpaired) electrons. The summed E-state index contributed by atoms with van der Waals surface area (Å²) in [6.07, 6.45) is 0. The molecule has 0 fully saturated rings. The van der Waals surface area contributed by atoms with Crippen molar-refractivity contribution in [3.05, 3.63) is 47.1 Å². The topological polar surface area (TPSA) is 25.8 Å². The summed E-state index contributed by atoms with van der Waals surface area (Å²) in [6, 6.07) is 6.53. The van der Waals surface area contributed by atoms with E-state index in [1.54, 1.807) is 12.1 Å². The molecule has 0 amide bonds. The van der Waals surface area contributed by atoms with Crippen LogP contribution in [0.2, 0.25) is 5.15 Å². The van der Waals surface area contributed by atoms with Crippen molar-refractivity contribution in [1.82, 2.24) is 10.2 Å². The smallest absolute Gasteiger partial charge is 0.151 e. The van der Waals surface area contributed by atoms with Gasteiger partial charge < -0.3 is 0 Å².